The molecule has 112 valence electrons. The van der Waals surface area contributed by atoms with Crippen LogP contribution in [-0.2, 0) is 16.6 Å². The third-order valence-electron chi connectivity index (χ3n) is 3.01. The topological polar surface area (TPSA) is 109 Å². The third kappa shape index (κ3) is 3.09. The molecule has 0 aliphatic rings. The van der Waals surface area contributed by atoms with E-state index in [2.05, 4.69) is 9.97 Å². The van der Waals surface area contributed by atoms with Crippen molar-refractivity contribution in [1.29, 1.82) is 0 Å². The Hall–Kier alpha value is -2.26. The van der Waals surface area contributed by atoms with Crippen molar-refractivity contribution in [3.63, 3.8) is 0 Å². The van der Waals surface area contributed by atoms with Crippen LogP contribution >= 0.6 is 0 Å². The van der Waals surface area contributed by atoms with Crippen molar-refractivity contribution >= 4 is 15.7 Å². The molecule has 8 nitrogen and oxygen atoms in total. The number of aryl methyl sites for hydroxylation is 1. The number of nitro groups is 1. The number of nitrogens with one attached hydrogen (secondary N) is 1. The van der Waals surface area contributed by atoms with Gasteiger partial charge in [0.2, 0.25) is 10.0 Å². The molecule has 0 spiro atoms. The first-order valence-corrected chi connectivity index (χ1v) is 7.46. The van der Waals surface area contributed by atoms with Crippen LogP contribution in [0.1, 0.15) is 11.4 Å². The van der Waals surface area contributed by atoms with Crippen LogP contribution in [0.25, 0.3) is 0 Å². The lowest BCUT2D eigenvalue weighted by Crippen LogP contribution is -2.27. The van der Waals surface area contributed by atoms with Crippen molar-refractivity contribution in [2.75, 3.05) is 7.05 Å². The maximum atomic E-state index is 12.4. The minimum atomic E-state index is -3.82. The van der Waals surface area contributed by atoms with Gasteiger partial charge in [-0.2, -0.15) is 4.31 Å². The molecule has 0 aliphatic carbocycles. The zero-order valence-electron chi connectivity index (χ0n) is 11.5. The fourth-order valence-electron chi connectivity index (χ4n) is 1.81. The normalized spacial score (nSPS) is 11.8. The molecular weight excluding hydrogens is 296 g/mol. The minimum Gasteiger partial charge on any atom is -0.347 e. The highest BCUT2D eigenvalue weighted by molar-refractivity contribution is 7.89. The Morgan fingerprint density at radius 1 is 1.43 bits per heavy atom. The van der Waals surface area contributed by atoms with Crippen LogP contribution < -0.4 is 0 Å². The second kappa shape index (κ2) is 5.62. The maximum Gasteiger partial charge on any atom is 0.273 e. The van der Waals surface area contributed by atoms with Gasteiger partial charge in [-0.05, 0) is 13.0 Å². The number of sulfonamides is 1. The van der Waals surface area contributed by atoms with Crippen molar-refractivity contribution in [1.82, 2.24) is 14.3 Å². The van der Waals surface area contributed by atoms with Crippen molar-refractivity contribution < 1.29 is 13.3 Å². The van der Waals surface area contributed by atoms with Gasteiger partial charge in [-0.15, -0.1) is 0 Å². The summed E-state index contributed by atoms with van der Waals surface area (Å²) >= 11 is 0. The summed E-state index contributed by atoms with van der Waals surface area (Å²) in [6.07, 6.45) is 3.11. The fraction of sp³-hybridized carbons (Fsp3) is 0.250. The van der Waals surface area contributed by atoms with Gasteiger partial charge in [0.15, 0.2) is 0 Å². The van der Waals surface area contributed by atoms with E-state index in [1.54, 1.807) is 13.1 Å². The van der Waals surface area contributed by atoms with Crippen LogP contribution in [-0.4, -0.2) is 34.7 Å². The number of hydrogen-bond acceptors (Lipinski definition) is 5. The van der Waals surface area contributed by atoms with Crippen LogP contribution in [0, 0.1) is 17.0 Å². The van der Waals surface area contributed by atoms with E-state index in [1.807, 2.05) is 0 Å². The molecule has 0 amide bonds. The molecule has 2 rings (SSSR count). The summed E-state index contributed by atoms with van der Waals surface area (Å²) in [5, 5.41) is 10.9. The number of rotatable bonds is 5. The summed E-state index contributed by atoms with van der Waals surface area (Å²) in [5.74, 6) is 0.489. The van der Waals surface area contributed by atoms with E-state index >= 15 is 0 Å². The van der Waals surface area contributed by atoms with E-state index in [1.165, 1.54) is 25.4 Å². The van der Waals surface area contributed by atoms with Gasteiger partial charge in [0.1, 0.15) is 5.82 Å². The number of aromatic nitrogens is 2. The Bertz CT molecular complexity index is 756. The number of imidazole rings is 1. The lowest BCUT2D eigenvalue weighted by molar-refractivity contribution is -0.385. The standard InChI is InChI=1S/C12H14N4O4S/c1-9-3-4-10(7-11(9)16(17)18)21(19,20)15(2)8-12-13-5-6-14-12/h3-7H,8H2,1-2H3,(H,13,14). The molecule has 0 saturated carbocycles. The SMILES string of the molecule is Cc1ccc(S(=O)(=O)N(C)Cc2ncc[nH]2)cc1[N+](=O)[O-]. The van der Waals surface area contributed by atoms with Crippen LogP contribution in [0.2, 0.25) is 0 Å². The van der Waals surface area contributed by atoms with Gasteiger partial charge >= 0.3 is 0 Å². The molecule has 1 aromatic carbocycles. The molecule has 0 aliphatic heterocycles. The highest BCUT2D eigenvalue weighted by Crippen LogP contribution is 2.24. The highest BCUT2D eigenvalue weighted by atomic mass is 32.2. The largest absolute Gasteiger partial charge is 0.347 e. The van der Waals surface area contributed by atoms with E-state index in [-0.39, 0.29) is 17.1 Å². The summed E-state index contributed by atoms with van der Waals surface area (Å²) in [7, 11) is -2.43. The van der Waals surface area contributed by atoms with Gasteiger partial charge in [0.25, 0.3) is 5.69 Å². The van der Waals surface area contributed by atoms with E-state index in [9.17, 15) is 18.5 Å². The van der Waals surface area contributed by atoms with Crippen LogP contribution in [0.15, 0.2) is 35.5 Å². The van der Waals surface area contributed by atoms with E-state index in [0.717, 1.165) is 10.4 Å². The first-order valence-electron chi connectivity index (χ1n) is 6.02. The molecule has 2 aromatic rings. The number of H-pyrrole nitrogens is 1. The van der Waals surface area contributed by atoms with Crippen LogP contribution in [0.4, 0.5) is 5.69 Å². The minimum absolute atomic E-state index is 0.0526. The van der Waals surface area contributed by atoms with E-state index in [4.69, 9.17) is 0 Å². The van der Waals surface area contributed by atoms with Gasteiger partial charge in [-0.1, -0.05) is 6.07 Å². The van der Waals surface area contributed by atoms with Crippen LogP contribution in [0.5, 0.6) is 0 Å². The van der Waals surface area contributed by atoms with Crippen molar-refractivity contribution in [3.05, 3.63) is 52.1 Å². The van der Waals surface area contributed by atoms with E-state index < -0.39 is 14.9 Å². The quantitative estimate of drug-likeness (QED) is 0.664. The molecule has 0 fully saturated rings. The molecule has 0 atom stereocenters. The maximum absolute atomic E-state index is 12.4. The molecule has 1 aromatic heterocycles. The third-order valence-corrected chi connectivity index (χ3v) is 4.81. The number of nitro benzene ring substituents is 1. The lowest BCUT2D eigenvalue weighted by Gasteiger charge is -2.16. The predicted molar refractivity (Wildman–Crippen MR) is 75.1 cm³/mol. The second-order valence-corrected chi connectivity index (χ2v) is 6.55. The zero-order valence-corrected chi connectivity index (χ0v) is 12.3. The van der Waals surface area contributed by atoms with E-state index in [0.29, 0.717) is 11.4 Å². The Balaban J connectivity index is 2.35. The lowest BCUT2D eigenvalue weighted by atomic mass is 10.2. The van der Waals surface area contributed by atoms with Gasteiger partial charge in [-0.25, -0.2) is 13.4 Å². The van der Waals surface area contributed by atoms with Gasteiger partial charge in [-0.3, -0.25) is 10.1 Å². The zero-order chi connectivity index (χ0) is 15.6. The Kier molecular flexibility index (Phi) is 4.05. The van der Waals surface area contributed by atoms with Crippen molar-refractivity contribution in [2.24, 2.45) is 0 Å². The fourth-order valence-corrected chi connectivity index (χ4v) is 2.96. The molecule has 1 N–H and O–H groups in total. The molecule has 21 heavy (non-hydrogen) atoms. The number of benzene rings is 1. The average molecular weight is 310 g/mol. The summed E-state index contributed by atoms with van der Waals surface area (Å²) in [6, 6.07) is 3.85. The average Bonchev–Trinajstić information content (AvgIpc) is 2.91. The van der Waals surface area contributed by atoms with Gasteiger partial charge in [0, 0.05) is 31.1 Å². The monoisotopic (exact) mass is 310 g/mol. The Labute approximate surface area is 121 Å². The number of aromatic amines is 1. The summed E-state index contributed by atoms with van der Waals surface area (Å²) in [4.78, 5) is 17.0. The van der Waals surface area contributed by atoms with Crippen molar-refractivity contribution in [2.45, 2.75) is 18.4 Å². The first kappa shape index (κ1) is 15.1. The molecule has 0 radical (unpaired) electrons. The Morgan fingerprint density at radius 3 is 2.71 bits per heavy atom. The van der Waals surface area contributed by atoms with Gasteiger partial charge < -0.3 is 4.98 Å². The highest BCUT2D eigenvalue weighted by Gasteiger charge is 2.24. The second-order valence-electron chi connectivity index (χ2n) is 4.50. The number of nitrogens with zero attached hydrogens (tertiary/aromatic N) is 3. The Morgan fingerprint density at radius 2 is 2.14 bits per heavy atom. The number of hydrogen-bond donors (Lipinski definition) is 1. The van der Waals surface area contributed by atoms with Crippen molar-refractivity contribution in [3.8, 4) is 0 Å². The molecule has 0 unspecified atom stereocenters. The molecular formula is C12H14N4O4S. The summed E-state index contributed by atoms with van der Waals surface area (Å²) in [5.41, 5.74) is 0.190. The molecule has 0 bridgehead atoms. The van der Waals surface area contributed by atoms with Gasteiger partial charge in [0.05, 0.1) is 16.4 Å². The summed E-state index contributed by atoms with van der Waals surface area (Å²) in [6.45, 7) is 1.61. The van der Waals surface area contributed by atoms with Crippen LogP contribution in [0.3, 0.4) is 0 Å². The smallest absolute Gasteiger partial charge is 0.273 e. The first-order chi connectivity index (χ1) is 9.82. The molecule has 9 heteroatoms. The molecule has 1 heterocycles. The summed E-state index contributed by atoms with van der Waals surface area (Å²) < 4.78 is 25.9. The molecule has 0 saturated heterocycles. The predicted octanol–water partition coefficient (Wildman–Crippen LogP) is 1.45.